The summed E-state index contributed by atoms with van der Waals surface area (Å²) in [5.41, 5.74) is 0.822. The number of methoxy groups -OCH3 is 1. The number of benzene rings is 2. The van der Waals surface area contributed by atoms with Gasteiger partial charge in [-0.05, 0) is 35.9 Å². The Balaban J connectivity index is 2.19. The summed E-state index contributed by atoms with van der Waals surface area (Å²) in [7, 11) is -3.16. The van der Waals surface area contributed by atoms with Crippen LogP contribution in [0.1, 0.15) is 12.5 Å². The van der Waals surface area contributed by atoms with Crippen LogP contribution in [0.5, 0.6) is 5.75 Å². The first-order valence-electron chi connectivity index (χ1n) is 8.44. The quantitative estimate of drug-likeness (QED) is 0.638. The van der Waals surface area contributed by atoms with Crippen LogP contribution >= 0.6 is 0 Å². The SMILES string of the molecule is COc1ccc(S(=O)(=O)NCc2ccc(S(=O)(=O)N(C)C)cc2)cc1NC(C)=O. The summed E-state index contributed by atoms with van der Waals surface area (Å²) in [6, 6.07) is 10.0. The lowest BCUT2D eigenvalue weighted by Gasteiger charge is -2.13. The second kappa shape index (κ2) is 8.91. The van der Waals surface area contributed by atoms with Crippen molar-refractivity contribution in [2.45, 2.75) is 23.3 Å². The van der Waals surface area contributed by atoms with E-state index in [0.29, 0.717) is 11.3 Å². The molecule has 0 aliphatic carbocycles. The van der Waals surface area contributed by atoms with Gasteiger partial charge in [-0.2, -0.15) is 0 Å². The van der Waals surface area contributed by atoms with Crippen LogP contribution in [0.3, 0.4) is 0 Å². The third-order valence-electron chi connectivity index (χ3n) is 3.96. The number of amides is 1. The predicted octanol–water partition coefficient (Wildman–Crippen LogP) is 1.38. The lowest BCUT2D eigenvalue weighted by Crippen LogP contribution is -2.24. The van der Waals surface area contributed by atoms with Crippen LogP contribution in [-0.2, 0) is 31.4 Å². The van der Waals surface area contributed by atoms with Crippen molar-refractivity contribution >= 4 is 31.6 Å². The summed E-state index contributed by atoms with van der Waals surface area (Å²) in [5, 5.41) is 2.52. The van der Waals surface area contributed by atoms with Gasteiger partial charge in [-0.3, -0.25) is 4.79 Å². The molecule has 29 heavy (non-hydrogen) atoms. The fraction of sp³-hybridized carbons (Fsp3) is 0.278. The zero-order valence-electron chi connectivity index (χ0n) is 16.5. The van der Waals surface area contributed by atoms with Gasteiger partial charge in [-0.15, -0.1) is 0 Å². The van der Waals surface area contributed by atoms with Gasteiger partial charge in [-0.25, -0.2) is 25.9 Å². The summed E-state index contributed by atoms with van der Waals surface area (Å²) < 4.78 is 58.0. The van der Waals surface area contributed by atoms with Crippen molar-refractivity contribution in [3.05, 3.63) is 48.0 Å². The molecule has 2 rings (SSSR count). The number of carbonyl (C=O) groups excluding carboxylic acids is 1. The Morgan fingerprint density at radius 1 is 1.00 bits per heavy atom. The van der Waals surface area contributed by atoms with Crippen LogP contribution in [0.4, 0.5) is 5.69 Å². The molecule has 0 fully saturated rings. The molecule has 0 aromatic heterocycles. The molecule has 2 N–H and O–H groups in total. The number of rotatable bonds is 8. The Morgan fingerprint density at radius 3 is 2.10 bits per heavy atom. The van der Waals surface area contributed by atoms with E-state index >= 15 is 0 Å². The van der Waals surface area contributed by atoms with E-state index in [1.54, 1.807) is 0 Å². The largest absolute Gasteiger partial charge is 0.495 e. The van der Waals surface area contributed by atoms with Gasteiger partial charge in [-0.1, -0.05) is 12.1 Å². The number of hydrogen-bond acceptors (Lipinski definition) is 6. The maximum absolute atomic E-state index is 12.6. The zero-order valence-corrected chi connectivity index (χ0v) is 18.1. The van der Waals surface area contributed by atoms with Crippen molar-refractivity contribution in [3.8, 4) is 5.75 Å². The van der Waals surface area contributed by atoms with Crippen molar-refractivity contribution in [3.63, 3.8) is 0 Å². The van der Waals surface area contributed by atoms with Crippen LogP contribution in [0.2, 0.25) is 0 Å². The number of nitrogens with zero attached hydrogens (tertiary/aromatic N) is 1. The Labute approximate surface area is 170 Å². The monoisotopic (exact) mass is 441 g/mol. The minimum Gasteiger partial charge on any atom is -0.495 e. The highest BCUT2D eigenvalue weighted by Gasteiger charge is 2.19. The molecule has 1 amide bonds. The van der Waals surface area contributed by atoms with Crippen molar-refractivity contribution in [2.75, 3.05) is 26.5 Å². The van der Waals surface area contributed by atoms with Crippen LogP contribution < -0.4 is 14.8 Å². The fourth-order valence-electron chi connectivity index (χ4n) is 2.39. The molecule has 0 bridgehead atoms. The van der Waals surface area contributed by atoms with Gasteiger partial charge in [0.2, 0.25) is 26.0 Å². The molecule has 11 heteroatoms. The minimum atomic E-state index is -3.88. The Hall–Kier alpha value is -2.47. The second-order valence-corrected chi connectivity index (χ2v) is 10.2. The zero-order chi connectivity index (χ0) is 21.8. The molecule has 0 radical (unpaired) electrons. The van der Waals surface area contributed by atoms with Gasteiger partial charge in [0.15, 0.2) is 0 Å². The standard InChI is InChI=1S/C18H23N3O6S2/c1-13(22)20-17-11-16(9-10-18(17)27-4)28(23,24)19-12-14-5-7-15(8-6-14)29(25,26)21(2)3/h5-11,19H,12H2,1-4H3,(H,20,22). The highest BCUT2D eigenvalue weighted by Crippen LogP contribution is 2.27. The smallest absolute Gasteiger partial charge is 0.242 e. The number of carbonyl (C=O) groups is 1. The summed E-state index contributed by atoms with van der Waals surface area (Å²) >= 11 is 0. The first-order valence-corrected chi connectivity index (χ1v) is 11.4. The molecule has 0 spiro atoms. The molecule has 158 valence electrons. The van der Waals surface area contributed by atoms with Crippen LogP contribution in [0, 0.1) is 0 Å². The molecule has 0 saturated heterocycles. The van der Waals surface area contributed by atoms with Crippen molar-refractivity contribution in [2.24, 2.45) is 0 Å². The Morgan fingerprint density at radius 2 is 1.59 bits per heavy atom. The summed E-state index contributed by atoms with van der Waals surface area (Å²) in [5.74, 6) is -0.0320. The van der Waals surface area contributed by atoms with Crippen LogP contribution in [-0.4, -0.2) is 48.3 Å². The lowest BCUT2D eigenvalue weighted by molar-refractivity contribution is -0.114. The minimum absolute atomic E-state index is 0.0356. The first-order chi connectivity index (χ1) is 13.5. The number of ether oxygens (including phenoxy) is 1. The van der Waals surface area contributed by atoms with E-state index in [2.05, 4.69) is 10.0 Å². The molecule has 0 aliphatic heterocycles. The maximum Gasteiger partial charge on any atom is 0.242 e. The Bertz CT molecular complexity index is 1090. The topological polar surface area (TPSA) is 122 Å². The van der Waals surface area contributed by atoms with Gasteiger partial charge in [0, 0.05) is 27.6 Å². The molecule has 0 unspecified atom stereocenters. The average molecular weight is 442 g/mol. The van der Waals surface area contributed by atoms with Crippen LogP contribution in [0.25, 0.3) is 0 Å². The molecule has 9 nitrogen and oxygen atoms in total. The van der Waals surface area contributed by atoms with Gasteiger partial charge >= 0.3 is 0 Å². The van der Waals surface area contributed by atoms with E-state index in [9.17, 15) is 21.6 Å². The molecule has 2 aromatic rings. The van der Waals surface area contributed by atoms with E-state index in [1.165, 1.54) is 70.6 Å². The normalized spacial score (nSPS) is 12.0. The van der Waals surface area contributed by atoms with Gasteiger partial charge < -0.3 is 10.1 Å². The lowest BCUT2D eigenvalue weighted by atomic mass is 10.2. The first kappa shape index (κ1) is 22.8. The van der Waals surface area contributed by atoms with E-state index < -0.39 is 20.0 Å². The molecule has 0 atom stereocenters. The second-order valence-electron chi connectivity index (χ2n) is 6.30. The molecular formula is C18H23N3O6S2. The van der Waals surface area contributed by atoms with E-state index in [1.807, 2.05) is 0 Å². The van der Waals surface area contributed by atoms with Crippen LogP contribution in [0.15, 0.2) is 52.3 Å². The molecule has 0 heterocycles. The van der Waals surface area contributed by atoms with Gasteiger partial charge in [0.25, 0.3) is 0 Å². The van der Waals surface area contributed by atoms with Gasteiger partial charge in [0.05, 0.1) is 22.6 Å². The highest BCUT2D eigenvalue weighted by atomic mass is 32.2. The molecular weight excluding hydrogens is 418 g/mol. The fourth-order valence-corrected chi connectivity index (χ4v) is 4.34. The van der Waals surface area contributed by atoms with Crippen molar-refractivity contribution in [1.82, 2.24) is 9.03 Å². The number of hydrogen-bond donors (Lipinski definition) is 2. The molecule has 0 aliphatic rings. The van der Waals surface area contributed by atoms with Crippen molar-refractivity contribution in [1.29, 1.82) is 0 Å². The number of anilines is 1. The van der Waals surface area contributed by atoms with E-state index in [0.717, 1.165) is 4.31 Å². The van der Waals surface area contributed by atoms with Gasteiger partial charge in [0.1, 0.15) is 5.75 Å². The number of sulfonamides is 2. The number of nitrogens with one attached hydrogen (secondary N) is 2. The molecule has 0 saturated carbocycles. The summed E-state index contributed by atoms with van der Waals surface area (Å²) in [6.45, 7) is 1.27. The van der Waals surface area contributed by atoms with E-state index in [4.69, 9.17) is 4.74 Å². The summed E-state index contributed by atoms with van der Waals surface area (Å²) in [6.07, 6.45) is 0. The molecule has 2 aromatic carbocycles. The van der Waals surface area contributed by atoms with E-state index in [-0.39, 0.29) is 27.9 Å². The predicted molar refractivity (Wildman–Crippen MR) is 109 cm³/mol. The third kappa shape index (κ3) is 5.54. The highest BCUT2D eigenvalue weighted by molar-refractivity contribution is 7.89. The third-order valence-corrected chi connectivity index (χ3v) is 7.19. The average Bonchev–Trinajstić information content (AvgIpc) is 2.66. The maximum atomic E-state index is 12.6. The summed E-state index contributed by atoms with van der Waals surface area (Å²) in [4.78, 5) is 11.4. The van der Waals surface area contributed by atoms with Crippen molar-refractivity contribution < 1.29 is 26.4 Å². The Kier molecular flexibility index (Phi) is 7.01.